The van der Waals surface area contributed by atoms with E-state index in [0.29, 0.717) is 23.3 Å². The molecule has 2 aromatic carbocycles. The number of amides is 3. The SMILES string of the molecule is CNC(=O)n1ccc2cc(N(C)c3ccnc(NC(=O)c4ccc(C5CCN(C6CN(C=O)C6)CC5)cc4)c3)ccc21. The molecule has 0 spiro atoms. The van der Waals surface area contributed by atoms with Crippen molar-refractivity contribution in [3.8, 4) is 0 Å². The highest BCUT2D eigenvalue weighted by atomic mass is 16.2. The van der Waals surface area contributed by atoms with E-state index < -0.39 is 0 Å². The Hall–Kier alpha value is -4.70. The van der Waals surface area contributed by atoms with Crippen LogP contribution in [0.15, 0.2) is 73.1 Å². The molecule has 2 N–H and O–H groups in total. The van der Waals surface area contributed by atoms with Gasteiger partial charge in [-0.1, -0.05) is 12.1 Å². The van der Waals surface area contributed by atoms with E-state index in [4.69, 9.17) is 0 Å². The van der Waals surface area contributed by atoms with Crippen molar-refractivity contribution in [2.75, 3.05) is 50.5 Å². The van der Waals surface area contributed by atoms with E-state index in [0.717, 1.165) is 67.7 Å². The molecule has 2 aliphatic heterocycles. The zero-order chi connectivity index (χ0) is 29.2. The van der Waals surface area contributed by atoms with Gasteiger partial charge in [0.1, 0.15) is 5.82 Å². The van der Waals surface area contributed by atoms with Gasteiger partial charge >= 0.3 is 6.03 Å². The topological polar surface area (TPSA) is 103 Å². The molecule has 0 saturated carbocycles. The first-order valence-corrected chi connectivity index (χ1v) is 14.3. The molecule has 0 unspecified atom stereocenters. The second-order valence-corrected chi connectivity index (χ2v) is 11.0. The molecular formula is C32H35N7O3. The maximum Gasteiger partial charge on any atom is 0.325 e. The molecule has 2 aromatic heterocycles. The highest BCUT2D eigenvalue weighted by Crippen LogP contribution is 2.31. The van der Waals surface area contributed by atoms with Crippen LogP contribution in [0.2, 0.25) is 0 Å². The lowest BCUT2D eigenvalue weighted by molar-refractivity contribution is -0.125. The fourth-order valence-electron chi connectivity index (χ4n) is 5.98. The van der Waals surface area contributed by atoms with E-state index in [2.05, 4.69) is 32.7 Å². The van der Waals surface area contributed by atoms with Crippen LogP contribution in [0.4, 0.5) is 22.0 Å². The van der Waals surface area contributed by atoms with Gasteiger partial charge in [0.2, 0.25) is 6.41 Å². The average molecular weight is 566 g/mol. The lowest BCUT2D eigenvalue weighted by atomic mass is 9.88. The fourth-order valence-corrected chi connectivity index (χ4v) is 5.98. The van der Waals surface area contributed by atoms with Gasteiger partial charge in [0, 0.05) is 74.0 Å². The van der Waals surface area contributed by atoms with Crippen LogP contribution in [0.5, 0.6) is 0 Å². The molecule has 0 aliphatic carbocycles. The molecule has 4 aromatic rings. The Morgan fingerprint density at radius 2 is 1.71 bits per heavy atom. The zero-order valence-electron chi connectivity index (χ0n) is 23.9. The van der Waals surface area contributed by atoms with Gasteiger partial charge in [-0.2, -0.15) is 0 Å². The number of anilines is 3. The van der Waals surface area contributed by atoms with Crippen LogP contribution >= 0.6 is 0 Å². The maximum atomic E-state index is 13.1. The lowest BCUT2D eigenvalue weighted by Crippen LogP contribution is -2.59. The largest absolute Gasteiger partial charge is 0.344 e. The van der Waals surface area contributed by atoms with E-state index in [1.165, 1.54) is 5.56 Å². The summed E-state index contributed by atoms with van der Waals surface area (Å²) >= 11 is 0. The highest BCUT2D eigenvalue weighted by molar-refractivity contribution is 6.04. The smallest absolute Gasteiger partial charge is 0.325 e. The van der Waals surface area contributed by atoms with Gasteiger partial charge in [0.15, 0.2) is 0 Å². The van der Waals surface area contributed by atoms with Crippen LogP contribution in [0, 0.1) is 0 Å². The number of likely N-dealkylation sites (tertiary alicyclic amines) is 2. The first-order chi connectivity index (χ1) is 20.4. The summed E-state index contributed by atoms with van der Waals surface area (Å²) < 4.78 is 1.58. The summed E-state index contributed by atoms with van der Waals surface area (Å²) in [4.78, 5) is 46.7. The van der Waals surface area contributed by atoms with Crippen molar-refractivity contribution in [3.63, 3.8) is 0 Å². The maximum absolute atomic E-state index is 13.1. The summed E-state index contributed by atoms with van der Waals surface area (Å²) in [5.41, 5.74) is 4.49. The summed E-state index contributed by atoms with van der Waals surface area (Å²) in [6, 6.07) is 19.8. The molecule has 6 rings (SSSR count). The molecule has 2 aliphatic rings. The minimum Gasteiger partial charge on any atom is -0.344 e. The number of nitrogens with zero attached hydrogens (tertiary/aromatic N) is 5. The summed E-state index contributed by atoms with van der Waals surface area (Å²) in [6.45, 7) is 3.77. The highest BCUT2D eigenvalue weighted by Gasteiger charge is 2.33. The van der Waals surface area contributed by atoms with Crippen molar-refractivity contribution in [1.29, 1.82) is 0 Å². The number of pyridine rings is 1. The lowest BCUT2D eigenvalue weighted by Gasteiger charge is -2.46. The molecule has 4 heterocycles. The summed E-state index contributed by atoms with van der Waals surface area (Å²) in [5.74, 6) is 0.748. The number of aromatic nitrogens is 2. The molecule has 0 radical (unpaired) electrons. The zero-order valence-corrected chi connectivity index (χ0v) is 23.9. The normalized spacial score (nSPS) is 16.2. The van der Waals surface area contributed by atoms with Crippen molar-refractivity contribution in [1.82, 2.24) is 24.7 Å². The number of hydrogen-bond donors (Lipinski definition) is 2. The van der Waals surface area contributed by atoms with Gasteiger partial charge in [-0.3, -0.25) is 19.1 Å². The van der Waals surface area contributed by atoms with E-state index in [1.807, 2.05) is 65.4 Å². The quantitative estimate of drug-likeness (QED) is 0.325. The van der Waals surface area contributed by atoms with Gasteiger partial charge in [-0.15, -0.1) is 0 Å². The summed E-state index contributed by atoms with van der Waals surface area (Å²) in [6.07, 6.45) is 6.53. The van der Waals surface area contributed by atoms with Crippen molar-refractivity contribution >= 4 is 46.4 Å². The number of fused-ring (bicyclic) bond motifs is 1. The van der Waals surface area contributed by atoms with Crippen LogP contribution < -0.4 is 15.5 Å². The Morgan fingerprint density at radius 1 is 0.976 bits per heavy atom. The van der Waals surface area contributed by atoms with E-state index in [9.17, 15) is 14.4 Å². The van der Waals surface area contributed by atoms with Crippen LogP contribution in [0.1, 0.15) is 34.7 Å². The second-order valence-electron chi connectivity index (χ2n) is 11.0. The van der Waals surface area contributed by atoms with E-state index in [1.54, 1.807) is 24.0 Å². The van der Waals surface area contributed by atoms with Gasteiger partial charge in [-0.05, 0) is 79.9 Å². The molecule has 3 amide bonds. The molecule has 0 atom stereocenters. The first kappa shape index (κ1) is 27.5. The average Bonchev–Trinajstić information content (AvgIpc) is 3.44. The molecule has 10 heteroatoms. The number of carbonyl (C=O) groups is 3. The number of piperidine rings is 1. The second kappa shape index (κ2) is 11.7. The van der Waals surface area contributed by atoms with Gasteiger partial charge in [0.05, 0.1) is 5.52 Å². The van der Waals surface area contributed by atoms with Crippen LogP contribution in [-0.4, -0.2) is 84.0 Å². The number of hydrogen-bond acceptors (Lipinski definition) is 6. The number of benzene rings is 2. The van der Waals surface area contributed by atoms with Gasteiger partial charge in [-0.25, -0.2) is 9.78 Å². The minimum absolute atomic E-state index is 0.186. The number of carbonyl (C=O) groups excluding carboxylic acids is 3. The third-order valence-corrected chi connectivity index (χ3v) is 8.60. The Bertz CT molecular complexity index is 1600. The third-order valence-electron chi connectivity index (χ3n) is 8.60. The van der Waals surface area contributed by atoms with Crippen molar-refractivity contribution in [2.24, 2.45) is 0 Å². The summed E-state index contributed by atoms with van der Waals surface area (Å²) in [7, 11) is 3.56. The molecule has 10 nitrogen and oxygen atoms in total. The van der Waals surface area contributed by atoms with Crippen molar-refractivity contribution in [2.45, 2.75) is 24.8 Å². The Labute approximate surface area is 244 Å². The standard InChI is InChI=1S/C32H35N7O3/c1-33-32(42)39-16-12-25-17-26(7-8-29(25)39)36(2)27-9-13-34-30(18-27)35-31(41)24-5-3-22(4-6-24)23-10-14-38(15-11-23)28-19-37(20-28)21-40/h3-9,12-13,16-18,21,23,28H,10-11,14-15,19-20H2,1-2H3,(H,33,42)(H,34,35,41). The molecule has 0 bridgehead atoms. The number of rotatable bonds is 7. The molecule has 42 heavy (non-hydrogen) atoms. The molecular weight excluding hydrogens is 530 g/mol. The van der Waals surface area contributed by atoms with Crippen molar-refractivity contribution < 1.29 is 14.4 Å². The van der Waals surface area contributed by atoms with Crippen LogP contribution in [0.25, 0.3) is 10.9 Å². The Morgan fingerprint density at radius 3 is 2.43 bits per heavy atom. The third kappa shape index (κ3) is 5.45. The van der Waals surface area contributed by atoms with Gasteiger partial charge in [0.25, 0.3) is 5.91 Å². The first-order valence-electron chi connectivity index (χ1n) is 14.3. The summed E-state index contributed by atoms with van der Waals surface area (Å²) in [5, 5.41) is 6.53. The molecule has 2 fully saturated rings. The van der Waals surface area contributed by atoms with Gasteiger partial charge < -0.3 is 20.4 Å². The Balaban J connectivity index is 1.07. The Kier molecular flexibility index (Phi) is 7.62. The predicted molar refractivity (Wildman–Crippen MR) is 163 cm³/mol. The minimum atomic E-state index is -0.203. The monoisotopic (exact) mass is 565 g/mol. The fraction of sp³-hybridized carbons (Fsp3) is 0.312. The van der Waals surface area contributed by atoms with Crippen LogP contribution in [-0.2, 0) is 4.79 Å². The predicted octanol–water partition coefficient (Wildman–Crippen LogP) is 4.26. The van der Waals surface area contributed by atoms with E-state index in [-0.39, 0.29) is 11.9 Å². The molecule has 2 saturated heterocycles. The van der Waals surface area contributed by atoms with Crippen LogP contribution in [0.3, 0.4) is 0 Å². The molecule has 216 valence electrons. The van der Waals surface area contributed by atoms with E-state index >= 15 is 0 Å². The number of nitrogens with one attached hydrogen (secondary N) is 2. The van der Waals surface area contributed by atoms with Crippen molar-refractivity contribution in [3.05, 3.63) is 84.2 Å².